The molecule has 0 amide bonds. The molecule has 1 fully saturated rings. The molecular formula is C30H34F2N8O. The number of anilines is 2. The summed E-state index contributed by atoms with van der Waals surface area (Å²) in [5.74, 6) is 6.84. The number of halogens is 2. The Balaban J connectivity index is 1.53. The monoisotopic (exact) mass is 560 g/mol. The van der Waals surface area contributed by atoms with Crippen molar-refractivity contribution in [3.63, 3.8) is 0 Å². The molecule has 2 aromatic carbocycles. The molecule has 11 heteroatoms. The Labute approximate surface area is 238 Å². The lowest BCUT2D eigenvalue weighted by molar-refractivity contribution is 0.122. The second-order valence-electron chi connectivity index (χ2n) is 10.8. The summed E-state index contributed by atoms with van der Waals surface area (Å²) in [7, 11) is 3.97. The number of alkyl halides is 2. The third-order valence-electron chi connectivity index (χ3n) is 6.61. The Morgan fingerprint density at radius 3 is 2.44 bits per heavy atom. The number of nitrogens with one attached hydrogen (secondary N) is 1. The highest BCUT2D eigenvalue weighted by atomic mass is 19.3. The van der Waals surface area contributed by atoms with Gasteiger partial charge in [-0.25, -0.2) is 13.8 Å². The van der Waals surface area contributed by atoms with Crippen LogP contribution in [0.1, 0.15) is 37.2 Å². The summed E-state index contributed by atoms with van der Waals surface area (Å²) in [6, 6.07) is 15.0. The van der Waals surface area contributed by atoms with Crippen molar-refractivity contribution < 1.29 is 13.5 Å². The molecule has 1 saturated heterocycles. The van der Waals surface area contributed by atoms with Gasteiger partial charge in [-0.1, -0.05) is 42.2 Å². The summed E-state index contributed by atoms with van der Waals surface area (Å²) in [5, 5.41) is 3.45. The van der Waals surface area contributed by atoms with E-state index in [-0.39, 0.29) is 11.9 Å². The Bertz CT molecular complexity index is 1570. The van der Waals surface area contributed by atoms with E-state index in [0.29, 0.717) is 56.3 Å². The standard InChI is InChI=1S/C30H34F2N8O/c1-30(2,20-22-11-6-5-10-21(22)12-9-15-38(3)4)37-27-34-28(39-16-18-41-19-17-39)36-29(35-27)40-24-14-8-7-13-23(24)33-26(40)25(31)32/h5-8,10-11,13-14,25H,15-20H2,1-4H3,(H,34,35,36,37). The van der Waals surface area contributed by atoms with Crippen molar-refractivity contribution in [2.45, 2.75) is 32.2 Å². The number of nitrogens with zero attached hydrogens (tertiary/aromatic N) is 7. The maximum Gasteiger partial charge on any atom is 0.296 e. The number of para-hydroxylation sites is 2. The van der Waals surface area contributed by atoms with Gasteiger partial charge in [-0.15, -0.1) is 0 Å². The molecule has 5 rings (SSSR count). The molecule has 0 radical (unpaired) electrons. The molecule has 1 N–H and O–H groups in total. The van der Waals surface area contributed by atoms with Crippen molar-refractivity contribution in [2.24, 2.45) is 0 Å². The van der Waals surface area contributed by atoms with E-state index < -0.39 is 17.8 Å². The third-order valence-corrected chi connectivity index (χ3v) is 6.61. The van der Waals surface area contributed by atoms with Crippen LogP contribution in [0, 0.1) is 11.8 Å². The molecule has 1 aliphatic heterocycles. The first-order valence-electron chi connectivity index (χ1n) is 13.5. The minimum absolute atomic E-state index is 0.0822. The van der Waals surface area contributed by atoms with Crippen molar-refractivity contribution in [3.8, 4) is 17.8 Å². The van der Waals surface area contributed by atoms with Crippen molar-refractivity contribution in [2.75, 3.05) is 57.2 Å². The van der Waals surface area contributed by atoms with Crippen LogP contribution in [0.4, 0.5) is 20.7 Å². The normalized spacial score (nSPS) is 14.0. The maximum absolute atomic E-state index is 14.2. The molecule has 0 aliphatic carbocycles. The molecule has 1 aliphatic rings. The van der Waals surface area contributed by atoms with Gasteiger partial charge in [0.05, 0.1) is 30.8 Å². The van der Waals surface area contributed by atoms with Gasteiger partial charge >= 0.3 is 0 Å². The zero-order valence-corrected chi connectivity index (χ0v) is 23.7. The van der Waals surface area contributed by atoms with E-state index in [1.807, 2.05) is 55.9 Å². The van der Waals surface area contributed by atoms with Gasteiger partial charge < -0.3 is 15.0 Å². The van der Waals surface area contributed by atoms with Gasteiger partial charge in [-0.05, 0) is 58.1 Å². The van der Waals surface area contributed by atoms with Crippen LogP contribution in [0.25, 0.3) is 17.0 Å². The molecule has 0 unspecified atom stereocenters. The highest BCUT2D eigenvalue weighted by molar-refractivity contribution is 5.77. The largest absolute Gasteiger partial charge is 0.378 e. The summed E-state index contributed by atoms with van der Waals surface area (Å²) in [5.41, 5.74) is 2.47. The van der Waals surface area contributed by atoms with Gasteiger partial charge in [0.25, 0.3) is 6.43 Å². The molecule has 9 nitrogen and oxygen atoms in total. The summed E-state index contributed by atoms with van der Waals surface area (Å²) >= 11 is 0. The van der Waals surface area contributed by atoms with Crippen molar-refractivity contribution in [3.05, 3.63) is 65.5 Å². The lowest BCUT2D eigenvalue weighted by Gasteiger charge is -2.29. The van der Waals surface area contributed by atoms with E-state index >= 15 is 0 Å². The van der Waals surface area contributed by atoms with Crippen LogP contribution in [0.3, 0.4) is 0 Å². The number of morpholine rings is 1. The fraction of sp³-hybridized carbons (Fsp3) is 0.400. The minimum atomic E-state index is -2.82. The van der Waals surface area contributed by atoms with Gasteiger partial charge in [0.15, 0.2) is 5.82 Å². The average Bonchev–Trinajstić information content (AvgIpc) is 3.34. The van der Waals surface area contributed by atoms with Crippen LogP contribution < -0.4 is 10.2 Å². The average molecular weight is 561 g/mol. The van der Waals surface area contributed by atoms with Crippen LogP contribution in [0.5, 0.6) is 0 Å². The number of aromatic nitrogens is 5. The highest BCUT2D eigenvalue weighted by Gasteiger charge is 2.26. The molecule has 3 heterocycles. The fourth-order valence-corrected chi connectivity index (χ4v) is 4.73. The van der Waals surface area contributed by atoms with Gasteiger partial charge in [0.1, 0.15) is 0 Å². The first-order valence-corrected chi connectivity index (χ1v) is 13.5. The SMILES string of the molecule is CN(C)CC#Cc1ccccc1CC(C)(C)Nc1nc(N2CCOCC2)nc(-n2c(C(F)F)nc3ccccc32)n1. The number of hydrogen-bond acceptors (Lipinski definition) is 8. The van der Waals surface area contributed by atoms with Crippen molar-refractivity contribution >= 4 is 22.9 Å². The van der Waals surface area contributed by atoms with Gasteiger partial charge in [-0.2, -0.15) is 15.0 Å². The first-order chi connectivity index (χ1) is 19.7. The van der Waals surface area contributed by atoms with E-state index in [9.17, 15) is 8.78 Å². The summed E-state index contributed by atoms with van der Waals surface area (Å²) < 4.78 is 35.2. The molecule has 0 saturated carbocycles. The predicted octanol–water partition coefficient (Wildman–Crippen LogP) is 4.33. The number of ether oxygens (including phenoxy) is 1. The summed E-state index contributed by atoms with van der Waals surface area (Å²) in [6.45, 7) is 6.97. The predicted molar refractivity (Wildman–Crippen MR) is 156 cm³/mol. The molecule has 0 spiro atoms. The first kappa shape index (κ1) is 28.4. The number of benzene rings is 2. The Morgan fingerprint density at radius 2 is 1.68 bits per heavy atom. The number of hydrogen-bond donors (Lipinski definition) is 1. The van der Waals surface area contributed by atoms with Crippen LogP contribution in [0.15, 0.2) is 48.5 Å². The topological polar surface area (TPSA) is 84.2 Å². The molecule has 214 valence electrons. The van der Waals surface area contributed by atoms with Crippen LogP contribution in [-0.4, -0.2) is 81.9 Å². The van der Waals surface area contributed by atoms with E-state index in [4.69, 9.17) is 9.72 Å². The highest BCUT2D eigenvalue weighted by Crippen LogP contribution is 2.28. The zero-order chi connectivity index (χ0) is 29.0. The van der Waals surface area contributed by atoms with Crippen LogP contribution >= 0.6 is 0 Å². The maximum atomic E-state index is 14.2. The molecular weight excluding hydrogens is 526 g/mol. The van der Waals surface area contributed by atoms with Crippen LogP contribution in [0.2, 0.25) is 0 Å². The number of imidazole rings is 1. The number of rotatable bonds is 8. The Kier molecular flexibility index (Phi) is 8.42. The quantitative estimate of drug-likeness (QED) is 0.319. The molecule has 0 atom stereocenters. The van der Waals surface area contributed by atoms with E-state index in [2.05, 4.69) is 38.2 Å². The van der Waals surface area contributed by atoms with Gasteiger partial charge in [0, 0.05) is 24.2 Å². The molecule has 4 aromatic rings. The van der Waals surface area contributed by atoms with Crippen molar-refractivity contribution in [1.82, 2.24) is 29.4 Å². The number of fused-ring (bicyclic) bond motifs is 1. The fourth-order valence-electron chi connectivity index (χ4n) is 4.73. The minimum Gasteiger partial charge on any atom is -0.378 e. The lowest BCUT2D eigenvalue weighted by Crippen LogP contribution is -2.39. The van der Waals surface area contributed by atoms with E-state index in [0.717, 1.165) is 11.1 Å². The second kappa shape index (κ2) is 12.2. The summed E-state index contributed by atoms with van der Waals surface area (Å²) in [6.07, 6.45) is -2.19. The smallest absolute Gasteiger partial charge is 0.296 e. The Hall–Kier alpha value is -4.14. The van der Waals surface area contributed by atoms with Gasteiger partial charge in [0.2, 0.25) is 17.8 Å². The van der Waals surface area contributed by atoms with Gasteiger partial charge in [-0.3, -0.25) is 9.47 Å². The lowest BCUT2D eigenvalue weighted by atomic mass is 9.92. The molecule has 41 heavy (non-hydrogen) atoms. The van der Waals surface area contributed by atoms with Crippen LogP contribution in [-0.2, 0) is 11.2 Å². The molecule has 2 aromatic heterocycles. The van der Waals surface area contributed by atoms with E-state index in [1.54, 1.807) is 24.3 Å². The third kappa shape index (κ3) is 6.78. The second-order valence-corrected chi connectivity index (χ2v) is 10.8. The Morgan fingerprint density at radius 1 is 0.976 bits per heavy atom. The summed E-state index contributed by atoms with van der Waals surface area (Å²) in [4.78, 5) is 22.2. The van der Waals surface area contributed by atoms with Crippen molar-refractivity contribution in [1.29, 1.82) is 0 Å². The zero-order valence-electron chi connectivity index (χ0n) is 23.7. The molecule has 0 bridgehead atoms. The van der Waals surface area contributed by atoms with E-state index in [1.165, 1.54) is 4.57 Å².